The maximum atomic E-state index is 5.86. The molecule has 1 saturated heterocycles. The first-order valence-corrected chi connectivity index (χ1v) is 10.1. The van der Waals surface area contributed by atoms with Crippen molar-refractivity contribution in [1.82, 2.24) is 10.6 Å². The molecule has 0 amide bonds. The minimum Gasteiger partial charge on any atom is -0.371 e. The van der Waals surface area contributed by atoms with Crippen LogP contribution in [0.25, 0.3) is 0 Å². The summed E-state index contributed by atoms with van der Waals surface area (Å²) in [4.78, 5) is 4.35. The molecule has 0 bridgehead atoms. The van der Waals surface area contributed by atoms with Gasteiger partial charge in [0.1, 0.15) is 0 Å². The predicted molar refractivity (Wildman–Crippen MR) is 125 cm³/mol. The summed E-state index contributed by atoms with van der Waals surface area (Å²) in [5.41, 5.74) is 2.32. The topological polar surface area (TPSA) is 45.7 Å². The molecule has 1 aromatic rings. The van der Waals surface area contributed by atoms with Gasteiger partial charge >= 0.3 is 0 Å². The van der Waals surface area contributed by atoms with Gasteiger partial charge < -0.3 is 15.4 Å². The fraction of sp³-hybridized carbons (Fsp3) is 0.650. The van der Waals surface area contributed by atoms with Crippen molar-refractivity contribution in [3.8, 4) is 0 Å². The zero-order valence-electron chi connectivity index (χ0n) is 16.7. The van der Waals surface area contributed by atoms with E-state index in [9.17, 15) is 0 Å². The van der Waals surface area contributed by atoms with Crippen molar-refractivity contribution in [3.05, 3.63) is 35.4 Å². The SMILES string of the molecule is CN=C(NCc1cccc(COC(C)(C)C)c1)NCC1(C)CCCS1.I. The third-order valence-electron chi connectivity index (χ3n) is 4.28. The molecule has 1 fully saturated rings. The van der Waals surface area contributed by atoms with Crippen LogP contribution in [-0.4, -0.2) is 35.7 Å². The van der Waals surface area contributed by atoms with E-state index in [0.29, 0.717) is 11.4 Å². The van der Waals surface area contributed by atoms with Crippen LogP contribution in [0.15, 0.2) is 29.3 Å². The summed E-state index contributed by atoms with van der Waals surface area (Å²) in [5, 5.41) is 6.89. The Morgan fingerprint density at radius 3 is 2.62 bits per heavy atom. The second kappa shape index (κ2) is 10.8. The van der Waals surface area contributed by atoms with Crippen LogP contribution in [0.5, 0.6) is 0 Å². The first kappa shape index (κ1) is 23.6. The van der Waals surface area contributed by atoms with Gasteiger partial charge in [0.2, 0.25) is 0 Å². The maximum absolute atomic E-state index is 5.86. The molecule has 2 N–H and O–H groups in total. The number of ether oxygens (including phenoxy) is 1. The fourth-order valence-electron chi connectivity index (χ4n) is 2.78. The molecule has 1 aromatic carbocycles. The third kappa shape index (κ3) is 8.48. The van der Waals surface area contributed by atoms with E-state index in [-0.39, 0.29) is 29.6 Å². The molecule has 1 aliphatic rings. The van der Waals surface area contributed by atoms with Crippen molar-refractivity contribution in [2.45, 2.75) is 64.0 Å². The molecular formula is C20H34IN3OS. The van der Waals surface area contributed by atoms with E-state index in [4.69, 9.17) is 4.74 Å². The average Bonchev–Trinajstić information content (AvgIpc) is 3.00. The Kier molecular flexibility index (Phi) is 9.75. The van der Waals surface area contributed by atoms with Gasteiger partial charge in [-0.3, -0.25) is 4.99 Å². The fourth-order valence-corrected chi connectivity index (χ4v) is 4.03. The van der Waals surface area contributed by atoms with Gasteiger partial charge in [-0.1, -0.05) is 24.3 Å². The zero-order valence-corrected chi connectivity index (χ0v) is 19.9. The summed E-state index contributed by atoms with van der Waals surface area (Å²) in [6.07, 6.45) is 2.59. The molecule has 1 unspecified atom stereocenters. The number of aliphatic imine (C=N–C) groups is 1. The van der Waals surface area contributed by atoms with Crippen LogP contribution in [0.1, 0.15) is 51.7 Å². The van der Waals surface area contributed by atoms with Crippen molar-refractivity contribution < 1.29 is 4.74 Å². The van der Waals surface area contributed by atoms with Crippen LogP contribution in [-0.2, 0) is 17.9 Å². The minimum absolute atomic E-state index is 0. The molecule has 1 atom stereocenters. The maximum Gasteiger partial charge on any atom is 0.191 e. The monoisotopic (exact) mass is 491 g/mol. The highest BCUT2D eigenvalue weighted by Crippen LogP contribution is 2.36. The Hall–Kier alpha value is -0.470. The highest BCUT2D eigenvalue weighted by atomic mass is 127. The lowest BCUT2D eigenvalue weighted by Crippen LogP contribution is -2.43. The molecular weight excluding hydrogens is 457 g/mol. The Morgan fingerprint density at radius 2 is 2.00 bits per heavy atom. The van der Waals surface area contributed by atoms with E-state index in [1.807, 2.05) is 7.05 Å². The number of nitrogens with zero attached hydrogens (tertiary/aromatic N) is 1. The van der Waals surface area contributed by atoms with Gasteiger partial charge in [-0.25, -0.2) is 0 Å². The molecule has 0 aliphatic carbocycles. The molecule has 148 valence electrons. The van der Waals surface area contributed by atoms with Crippen molar-refractivity contribution in [1.29, 1.82) is 0 Å². The quantitative estimate of drug-likeness (QED) is 0.348. The van der Waals surface area contributed by atoms with Crippen LogP contribution < -0.4 is 10.6 Å². The normalized spacial score (nSPS) is 20.6. The highest BCUT2D eigenvalue weighted by molar-refractivity contribution is 14.0. The number of nitrogens with one attached hydrogen (secondary N) is 2. The highest BCUT2D eigenvalue weighted by Gasteiger charge is 2.29. The smallest absolute Gasteiger partial charge is 0.191 e. The van der Waals surface area contributed by atoms with E-state index >= 15 is 0 Å². The zero-order chi connectivity index (χ0) is 18.3. The molecule has 26 heavy (non-hydrogen) atoms. The first-order valence-electron chi connectivity index (χ1n) is 9.10. The van der Waals surface area contributed by atoms with Crippen LogP contribution in [0.4, 0.5) is 0 Å². The van der Waals surface area contributed by atoms with E-state index in [1.54, 1.807) is 0 Å². The number of hydrogen-bond donors (Lipinski definition) is 2. The van der Waals surface area contributed by atoms with Gasteiger partial charge in [-0.2, -0.15) is 11.8 Å². The largest absolute Gasteiger partial charge is 0.371 e. The standard InChI is InChI=1S/C20H33N3OS.HI/c1-19(2,3)24-14-17-9-6-8-16(12-17)13-22-18(21-5)23-15-20(4)10-7-11-25-20;/h6,8-9,12H,7,10-11,13-15H2,1-5H3,(H2,21,22,23);1H. The molecule has 0 aromatic heterocycles. The summed E-state index contributed by atoms with van der Waals surface area (Å²) in [6, 6.07) is 8.53. The van der Waals surface area contributed by atoms with Crippen molar-refractivity contribution in [2.24, 2.45) is 4.99 Å². The van der Waals surface area contributed by atoms with Gasteiger partial charge in [0, 0.05) is 24.9 Å². The van der Waals surface area contributed by atoms with Crippen LogP contribution in [0, 0.1) is 0 Å². The number of benzene rings is 1. The van der Waals surface area contributed by atoms with E-state index in [0.717, 1.165) is 19.0 Å². The molecule has 0 saturated carbocycles. The molecule has 1 aliphatic heterocycles. The minimum atomic E-state index is -0.116. The first-order chi connectivity index (χ1) is 11.8. The molecule has 0 radical (unpaired) electrons. The lowest BCUT2D eigenvalue weighted by molar-refractivity contribution is -0.0149. The molecule has 4 nitrogen and oxygen atoms in total. The van der Waals surface area contributed by atoms with Crippen molar-refractivity contribution >= 4 is 41.7 Å². The Balaban J connectivity index is 0.00000338. The molecule has 1 heterocycles. The lowest BCUT2D eigenvalue weighted by atomic mass is 10.1. The molecule has 2 rings (SSSR count). The number of hydrogen-bond acceptors (Lipinski definition) is 3. The molecule has 0 spiro atoms. The number of rotatable bonds is 6. The van der Waals surface area contributed by atoms with E-state index < -0.39 is 0 Å². The van der Waals surface area contributed by atoms with Gasteiger partial charge in [-0.05, 0) is 57.4 Å². The number of guanidine groups is 1. The Morgan fingerprint density at radius 1 is 1.27 bits per heavy atom. The van der Waals surface area contributed by atoms with E-state index in [1.165, 1.54) is 29.7 Å². The van der Waals surface area contributed by atoms with Crippen LogP contribution in [0.2, 0.25) is 0 Å². The summed E-state index contributed by atoms with van der Waals surface area (Å²) >= 11 is 2.06. The number of halogens is 1. The number of thioether (sulfide) groups is 1. The van der Waals surface area contributed by atoms with Crippen molar-refractivity contribution in [3.63, 3.8) is 0 Å². The van der Waals surface area contributed by atoms with Crippen molar-refractivity contribution in [2.75, 3.05) is 19.3 Å². The van der Waals surface area contributed by atoms with Gasteiger partial charge in [0.05, 0.1) is 12.2 Å². The Labute approximate surface area is 180 Å². The second-order valence-corrected chi connectivity index (χ2v) is 9.58. The second-order valence-electron chi connectivity index (χ2n) is 7.90. The predicted octanol–water partition coefficient (Wildman–Crippen LogP) is 4.57. The third-order valence-corrected chi connectivity index (χ3v) is 5.82. The Bertz CT molecular complexity index is 581. The van der Waals surface area contributed by atoms with E-state index in [2.05, 4.69) is 79.3 Å². The summed E-state index contributed by atoms with van der Waals surface area (Å²) < 4.78 is 6.20. The van der Waals surface area contributed by atoms with Crippen LogP contribution in [0.3, 0.4) is 0 Å². The summed E-state index contributed by atoms with van der Waals surface area (Å²) in [7, 11) is 1.83. The van der Waals surface area contributed by atoms with Gasteiger partial charge in [0.25, 0.3) is 0 Å². The van der Waals surface area contributed by atoms with Gasteiger partial charge in [-0.15, -0.1) is 24.0 Å². The summed E-state index contributed by atoms with van der Waals surface area (Å²) in [5.74, 6) is 2.14. The molecule has 6 heteroatoms. The van der Waals surface area contributed by atoms with Gasteiger partial charge in [0.15, 0.2) is 5.96 Å². The average molecular weight is 491 g/mol. The lowest BCUT2D eigenvalue weighted by Gasteiger charge is -2.24. The van der Waals surface area contributed by atoms with Crippen LogP contribution >= 0.6 is 35.7 Å². The summed E-state index contributed by atoms with van der Waals surface area (Å²) in [6.45, 7) is 10.9.